The Hall–Kier alpha value is -3.76. The van der Waals surface area contributed by atoms with Gasteiger partial charge in [0.1, 0.15) is 23.9 Å². The molecule has 0 aliphatic carbocycles. The van der Waals surface area contributed by atoms with Crippen LogP contribution in [0.25, 0.3) is 10.9 Å². The summed E-state index contributed by atoms with van der Waals surface area (Å²) in [6, 6.07) is 12.0. The fourth-order valence-electron chi connectivity index (χ4n) is 5.49. The normalized spacial score (nSPS) is 16.9. The molecule has 0 saturated carbocycles. The third kappa shape index (κ3) is 7.84. The summed E-state index contributed by atoms with van der Waals surface area (Å²) < 4.78 is 5.67. The quantitative estimate of drug-likeness (QED) is 0.285. The number of amides is 2. The maximum Gasteiger partial charge on any atom is 0.246 e. The molecular formula is C33H45ClN6O4. The van der Waals surface area contributed by atoms with Crippen LogP contribution in [0.4, 0.5) is 5.82 Å². The number of carbonyl (C=O) groups is 3. The number of anilines is 1. The lowest BCUT2D eigenvalue weighted by molar-refractivity contribution is -0.143. The van der Waals surface area contributed by atoms with Crippen LogP contribution in [0.15, 0.2) is 48.8 Å². The van der Waals surface area contributed by atoms with E-state index in [9.17, 15) is 14.4 Å². The summed E-state index contributed by atoms with van der Waals surface area (Å²) in [6.45, 7) is 10.0. The Balaban J connectivity index is 0.00000529. The van der Waals surface area contributed by atoms with Gasteiger partial charge in [-0.3, -0.25) is 14.4 Å². The van der Waals surface area contributed by atoms with Crippen molar-refractivity contribution in [3.05, 3.63) is 59.9 Å². The van der Waals surface area contributed by atoms with Crippen molar-refractivity contribution in [2.45, 2.75) is 78.0 Å². The number of hydrogen-bond acceptors (Lipinski definition) is 8. The molecule has 3 aromatic rings. The van der Waals surface area contributed by atoms with Crippen molar-refractivity contribution in [2.75, 3.05) is 26.0 Å². The molecule has 44 heavy (non-hydrogen) atoms. The van der Waals surface area contributed by atoms with E-state index in [2.05, 4.69) is 45.0 Å². The third-order valence-electron chi connectivity index (χ3n) is 8.19. The fraction of sp³-hybridized carbons (Fsp3) is 0.485. The van der Waals surface area contributed by atoms with Gasteiger partial charge in [-0.15, -0.1) is 12.4 Å². The van der Waals surface area contributed by atoms with E-state index >= 15 is 0 Å². The third-order valence-corrected chi connectivity index (χ3v) is 8.19. The molecule has 1 saturated heterocycles. The van der Waals surface area contributed by atoms with Gasteiger partial charge in [0.05, 0.1) is 24.7 Å². The zero-order valence-electron chi connectivity index (χ0n) is 26.6. The molecule has 1 aliphatic rings. The van der Waals surface area contributed by atoms with Gasteiger partial charge >= 0.3 is 0 Å². The van der Waals surface area contributed by atoms with Crippen molar-refractivity contribution in [2.24, 2.45) is 5.41 Å². The number of carbonyl (C=O) groups excluding carboxylic acids is 3. The van der Waals surface area contributed by atoms with Gasteiger partial charge in [-0.25, -0.2) is 9.97 Å². The highest BCUT2D eigenvalue weighted by Crippen LogP contribution is 2.32. The van der Waals surface area contributed by atoms with Gasteiger partial charge in [0.15, 0.2) is 5.78 Å². The van der Waals surface area contributed by atoms with Crippen molar-refractivity contribution < 1.29 is 19.1 Å². The Morgan fingerprint density at radius 1 is 1.09 bits per heavy atom. The number of benzene rings is 2. The summed E-state index contributed by atoms with van der Waals surface area (Å²) in [6.07, 6.45) is 2.88. The summed E-state index contributed by atoms with van der Waals surface area (Å²) >= 11 is 0. The van der Waals surface area contributed by atoms with Crippen molar-refractivity contribution in [3.63, 3.8) is 0 Å². The molecule has 0 unspecified atom stereocenters. The first-order valence-corrected chi connectivity index (χ1v) is 14.9. The minimum absolute atomic E-state index is 0. The minimum Gasteiger partial charge on any atom is -0.496 e. The molecule has 2 aromatic carbocycles. The highest BCUT2D eigenvalue weighted by atomic mass is 35.5. The fourth-order valence-corrected chi connectivity index (χ4v) is 5.49. The monoisotopic (exact) mass is 624 g/mol. The van der Waals surface area contributed by atoms with E-state index in [1.807, 2.05) is 51.1 Å². The number of likely N-dealkylation sites (N-methyl/N-ethyl adjacent to an activating group) is 1. The number of nitrogens with zero attached hydrogens (tertiary/aromatic N) is 3. The van der Waals surface area contributed by atoms with Crippen molar-refractivity contribution >= 4 is 46.7 Å². The van der Waals surface area contributed by atoms with Gasteiger partial charge in [-0.1, -0.05) is 51.1 Å². The molecule has 2 amide bonds. The van der Waals surface area contributed by atoms with Crippen molar-refractivity contribution in [1.82, 2.24) is 25.5 Å². The Bertz CT molecular complexity index is 1460. The number of methoxy groups -OCH3 is 1. The number of Topliss-reactive ketones (excluding diaryl/α,β-unsaturated/α-hetero) is 1. The Kier molecular flexibility index (Phi) is 11.7. The van der Waals surface area contributed by atoms with Crippen LogP contribution in [0.2, 0.25) is 0 Å². The molecule has 11 heteroatoms. The van der Waals surface area contributed by atoms with Crippen LogP contribution >= 0.6 is 12.4 Å². The molecular weight excluding hydrogens is 580 g/mol. The Morgan fingerprint density at radius 3 is 2.43 bits per heavy atom. The first-order valence-electron chi connectivity index (χ1n) is 14.9. The van der Waals surface area contributed by atoms with Gasteiger partial charge in [0.2, 0.25) is 11.8 Å². The number of ketones is 1. The minimum atomic E-state index is -0.767. The molecule has 2 heterocycles. The first-order chi connectivity index (χ1) is 20.4. The van der Waals surface area contributed by atoms with Crippen LogP contribution in [-0.4, -0.2) is 71.3 Å². The number of aromatic nitrogens is 2. The van der Waals surface area contributed by atoms with E-state index in [0.717, 1.165) is 10.9 Å². The predicted octanol–water partition coefficient (Wildman–Crippen LogP) is 4.47. The van der Waals surface area contributed by atoms with E-state index in [4.69, 9.17) is 4.74 Å². The van der Waals surface area contributed by atoms with E-state index in [-0.39, 0.29) is 42.5 Å². The molecule has 238 valence electrons. The van der Waals surface area contributed by atoms with Gasteiger partial charge in [0.25, 0.3) is 0 Å². The number of likely N-dealkylation sites (tertiary alicyclic amines) is 1. The maximum atomic E-state index is 13.9. The summed E-state index contributed by atoms with van der Waals surface area (Å²) in [7, 11) is 3.27. The van der Waals surface area contributed by atoms with Gasteiger partial charge in [-0.2, -0.15) is 0 Å². The highest BCUT2D eigenvalue weighted by molar-refractivity contribution is 5.96. The second-order valence-electron chi connectivity index (χ2n) is 12.3. The average molecular weight is 625 g/mol. The lowest BCUT2D eigenvalue weighted by Crippen LogP contribution is -2.58. The summed E-state index contributed by atoms with van der Waals surface area (Å²) in [4.78, 5) is 51.0. The summed E-state index contributed by atoms with van der Waals surface area (Å²) in [5, 5.41) is 10.1. The van der Waals surface area contributed by atoms with E-state index in [0.29, 0.717) is 42.0 Å². The second kappa shape index (κ2) is 14.8. The van der Waals surface area contributed by atoms with E-state index in [1.54, 1.807) is 26.0 Å². The molecule has 0 bridgehead atoms. The lowest BCUT2D eigenvalue weighted by Gasteiger charge is -2.36. The molecule has 3 N–H and O–H groups in total. The summed E-state index contributed by atoms with van der Waals surface area (Å²) in [5.74, 6) is 0.649. The lowest BCUT2D eigenvalue weighted by atomic mass is 9.85. The zero-order chi connectivity index (χ0) is 31.3. The summed E-state index contributed by atoms with van der Waals surface area (Å²) in [5.41, 5.74) is 1.98. The Morgan fingerprint density at radius 2 is 1.80 bits per heavy atom. The van der Waals surface area contributed by atoms with E-state index in [1.165, 1.54) is 6.33 Å². The SMILES string of the molecule is CN[C@@H](C)C(=O)N[C@H](C(=O)N1CCC[C@H]1C(=O)Cc1cc2c(N[C@@H](C)c3ccccc3)ncnc2cc1OC)C(C)(C)C.Cl. The second-order valence-corrected chi connectivity index (χ2v) is 12.3. The molecule has 1 aromatic heterocycles. The molecule has 10 nitrogen and oxygen atoms in total. The van der Waals surface area contributed by atoms with Crippen molar-refractivity contribution in [1.29, 1.82) is 0 Å². The largest absolute Gasteiger partial charge is 0.496 e. The van der Waals surface area contributed by atoms with Gasteiger partial charge < -0.3 is 25.6 Å². The smallest absolute Gasteiger partial charge is 0.246 e. The number of nitrogens with one attached hydrogen (secondary N) is 3. The number of halogens is 1. The van der Waals surface area contributed by atoms with Crippen LogP contribution < -0.4 is 20.7 Å². The molecule has 0 spiro atoms. The topological polar surface area (TPSA) is 126 Å². The standard InChI is InChI=1S/C33H44N6O4.ClH/c1-20(22-12-9-8-10-13-22)37-30-24-16-23(28(43-7)18-25(24)35-19-36-30)17-27(40)26-14-11-15-39(26)32(42)29(33(3,4)5)38-31(41)21(2)34-6;/h8-10,12-13,16,18-21,26,29,34H,11,14-15,17H2,1-7H3,(H,38,41)(H,35,36,37);1H/t20-,21-,26-,29+;/m0./s1. The molecule has 4 atom stereocenters. The average Bonchev–Trinajstić information content (AvgIpc) is 3.49. The molecule has 0 radical (unpaired) electrons. The van der Waals surface area contributed by atoms with Crippen LogP contribution in [-0.2, 0) is 20.8 Å². The van der Waals surface area contributed by atoms with Crippen molar-refractivity contribution in [3.8, 4) is 5.75 Å². The zero-order valence-corrected chi connectivity index (χ0v) is 27.5. The maximum absolute atomic E-state index is 13.9. The number of ether oxygens (including phenoxy) is 1. The molecule has 1 fully saturated rings. The number of hydrogen-bond donors (Lipinski definition) is 3. The number of rotatable bonds is 11. The number of fused-ring (bicyclic) bond motifs is 1. The molecule has 1 aliphatic heterocycles. The van der Waals surface area contributed by atoms with Gasteiger partial charge in [-0.05, 0) is 50.8 Å². The Labute approximate surface area is 266 Å². The van der Waals surface area contributed by atoms with Gasteiger partial charge in [0, 0.05) is 36.0 Å². The van der Waals surface area contributed by atoms with Crippen LogP contribution in [0.5, 0.6) is 5.75 Å². The highest BCUT2D eigenvalue weighted by Gasteiger charge is 2.42. The van der Waals surface area contributed by atoms with Crippen LogP contribution in [0.1, 0.15) is 64.6 Å². The molecule has 4 rings (SSSR count). The van der Waals surface area contributed by atoms with Crippen LogP contribution in [0, 0.1) is 5.41 Å². The van der Waals surface area contributed by atoms with Crippen LogP contribution in [0.3, 0.4) is 0 Å². The first kappa shape index (κ1) is 34.7. The van der Waals surface area contributed by atoms with E-state index < -0.39 is 23.5 Å². The predicted molar refractivity (Wildman–Crippen MR) is 175 cm³/mol.